The van der Waals surface area contributed by atoms with E-state index in [2.05, 4.69) is 6.07 Å². The van der Waals surface area contributed by atoms with E-state index in [0.29, 0.717) is 18.2 Å². The molecule has 3 nitrogen and oxygen atoms in total. The number of carbonyl (C=O) groups is 1. The van der Waals surface area contributed by atoms with Crippen molar-refractivity contribution >= 4 is 11.6 Å². The topological polar surface area (TPSA) is 49.3 Å². The molecule has 2 rings (SSSR count). The molecule has 0 aliphatic rings. The van der Waals surface area contributed by atoms with E-state index < -0.39 is 34.9 Å². The first kappa shape index (κ1) is 14.8. The summed E-state index contributed by atoms with van der Waals surface area (Å²) in [5, 5.41) is 11.4. The normalized spacial score (nSPS) is 11.2. The van der Waals surface area contributed by atoms with E-state index in [1.807, 2.05) is 5.32 Å². The van der Waals surface area contributed by atoms with Crippen LogP contribution in [0.15, 0.2) is 36.4 Å². The van der Waals surface area contributed by atoms with Crippen LogP contribution in [0.3, 0.4) is 0 Å². The molecule has 0 saturated heterocycles. The molecule has 0 spiro atoms. The van der Waals surface area contributed by atoms with E-state index >= 15 is 0 Å². The third-order valence-corrected chi connectivity index (χ3v) is 2.63. The van der Waals surface area contributed by atoms with Crippen LogP contribution in [0, 0.1) is 11.9 Å². The number of hydrogen-bond donors (Lipinski definition) is 2. The molecule has 0 aliphatic carbocycles. The van der Waals surface area contributed by atoms with Gasteiger partial charge in [-0.15, -0.1) is 0 Å². The van der Waals surface area contributed by atoms with Gasteiger partial charge in [0.2, 0.25) is 0 Å². The standard InChI is InChI=1S/C14H8F4NO2/c15-10-6-5-8(14(16,17)18)7-11(10)19-13(21)9-3-1-2-4-12(9)20/h2-7,20H,(H,19,21). The minimum atomic E-state index is -4.66. The third kappa shape index (κ3) is 3.31. The Kier molecular flexibility index (Phi) is 3.84. The van der Waals surface area contributed by atoms with E-state index in [0.717, 1.165) is 6.07 Å². The van der Waals surface area contributed by atoms with Crippen LogP contribution < -0.4 is 5.32 Å². The number of halogens is 4. The lowest BCUT2D eigenvalue weighted by atomic mass is 10.1. The van der Waals surface area contributed by atoms with Crippen molar-refractivity contribution in [3.05, 3.63) is 59.4 Å². The molecular weight excluding hydrogens is 290 g/mol. The number of nitrogens with one attached hydrogen (secondary N) is 1. The van der Waals surface area contributed by atoms with E-state index in [1.54, 1.807) is 0 Å². The zero-order chi connectivity index (χ0) is 15.6. The molecule has 0 unspecified atom stereocenters. The highest BCUT2D eigenvalue weighted by Gasteiger charge is 2.31. The summed E-state index contributed by atoms with van der Waals surface area (Å²) in [6, 6.07) is 7.84. The van der Waals surface area contributed by atoms with Gasteiger partial charge in [0.15, 0.2) is 0 Å². The second-order valence-corrected chi connectivity index (χ2v) is 4.09. The van der Waals surface area contributed by atoms with Gasteiger partial charge in [0.1, 0.15) is 11.6 Å². The molecule has 0 atom stereocenters. The fourth-order valence-electron chi connectivity index (χ4n) is 1.59. The van der Waals surface area contributed by atoms with Gasteiger partial charge in [0, 0.05) is 0 Å². The second-order valence-electron chi connectivity index (χ2n) is 4.09. The van der Waals surface area contributed by atoms with Crippen molar-refractivity contribution in [2.24, 2.45) is 0 Å². The van der Waals surface area contributed by atoms with Gasteiger partial charge < -0.3 is 10.4 Å². The number of benzene rings is 2. The van der Waals surface area contributed by atoms with E-state index in [4.69, 9.17) is 0 Å². The Bertz CT molecular complexity index is 683. The Morgan fingerprint density at radius 1 is 1.24 bits per heavy atom. The summed E-state index contributed by atoms with van der Waals surface area (Å²) in [7, 11) is 0. The SMILES string of the molecule is O=C(Nc1cc(C(F)(F)F)ccc1F)c1c[c]ccc1O. The zero-order valence-electron chi connectivity index (χ0n) is 10.3. The molecular formula is C14H8F4NO2. The third-order valence-electron chi connectivity index (χ3n) is 2.63. The van der Waals surface area contributed by atoms with Crippen molar-refractivity contribution in [2.45, 2.75) is 6.18 Å². The summed E-state index contributed by atoms with van der Waals surface area (Å²) in [4.78, 5) is 11.8. The molecule has 0 aromatic heterocycles. The molecule has 1 radical (unpaired) electrons. The maximum atomic E-state index is 13.5. The van der Waals surface area contributed by atoms with Gasteiger partial charge in [0.05, 0.1) is 16.8 Å². The van der Waals surface area contributed by atoms with Gasteiger partial charge in [-0.3, -0.25) is 4.79 Å². The largest absolute Gasteiger partial charge is 0.507 e. The van der Waals surface area contributed by atoms with Crippen LogP contribution in [-0.2, 0) is 6.18 Å². The Labute approximate surface area is 116 Å². The molecule has 0 fully saturated rings. The summed E-state index contributed by atoms with van der Waals surface area (Å²) in [5.41, 5.74) is -1.95. The number of carbonyl (C=O) groups excluding carboxylic acids is 1. The van der Waals surface area contributed by atoms with Crippen LogP contribution in [0.25, 0.3) is 0 Å². The van der Waals surface area contributed by atoms with Crippen LogP contribution in [0.4, 0.5) is 23.2 Å². The predicted molar refractivity (Wildman–Crippen MR) is 66.3 cm³/mol. The lowest BCUT2D eigenvalue weighted by molar-refractivity contribution is -0.137. The van der Waals surface area contributed by atoms with E-state index in [1.165, 1.54) is 12.1 Å². The van der Waals surface area contributed by atoms with E-state index in [9.17, 15) is 27.5 Å². The van der Waals surface area contributed by atoms with Crippen LogP contribution in [0.2, 0.25) is 0 Å². The van der Waals surface area contributed by atoms with Gasteiger partial charge in [-0.05, 0) is 36.4 Å². The van der Waals surface area contributed by atoms with Gasteiger partial charge >= 0.3 is 6.18 Å². The molecule has 1 amide bonds. The summed E-state index contributed by atoms with van der Waals surface area (Å²) >= 11 is 0. The molecule has 0 heterocycles. The van der Waals surface area contributed by atoms with Gasteiger partial charge in [-0.2, -0.15) is 13.2 Å². The van der Waals surface area contributed by atoms with Crippen molar-refractivity contribution in [1.82, 2.24) is 0 Å². The van der Waals surface area contributed by atoms with Crippen LogP contribution >= 0.6 is 0 Å². The lowest BCUT2D eigenvalue weighted by Crippen LogP contribution is -2.14. The first-order chi connectivity index (χ1) is 9.79. The number of alkyl halides is 3. The number of aromatic hydroxyl groups is 1. The zero-order valence-corrected chi connectivity index (χ0v) is 10.3. The van der Waals surface area contributed by atoms with Crippen LogP contribution in [0.5, 0.6) is 5.75 Å². The maximum absolute atomic E-state index is 13.5. The summed E-state index contributed by atoms with van der Waals surface area (Å²) in [6.07, 6.45) is -4.66. The van der Waals surface area contributed by atoms with Gasteiger partial charge in [-0.1, -0.05) is 6.07 Å². The van der Waals surface area contributed by atoms with Crippen molar-refractivity contribution < 1.29 is 27.5 Å². The van der Waals surface area contributed by atoms with Crippen molar-refractivity contribution in [3.8, 4) is 5.75 Å². The first-order valence-electron chi connectivity index (χ1n) is 5.66. The molecule has 2 N–H and O–H groups in total. The Morgan fingerprint density at radius 3 is 2.57 bits per heavy atom. The van der Waals surface area contributed by atoms with Crippen LogP contribution in [-0.4, -0.2) is 11.0 Å². The average molecular weight is 298 g/mol. The quantitative estimate of drug-likeness (QED) is 0.832. The molecule has 2 aromatic carbocycles. The minimum absolute atomic E-state index is 0.227. The first-order valence-corrected chi connectivity index (χ1v) is 5.66. The Hall–Kier alpha value is -2.57. The molecule has 0 bridgehead atoms. The van der Waals surface area contributed by atoms with E-state index in [-0.39, 0.29) is 5.56 Å². The number of hydrogen-bond acceptors (Lipinski definition) is 2. The molecule has 2 aromatic rings. The Morgan fingerprint density at radius 2 is 1.95 bits per heavy atom. The molecule has 0 aliphatic heterocycles. The minimum Gasteiger partial charge on any atom is -0.507 e. The van der Waals surface area contributed by atoms with Crippen molar-refractivity contribution in [2.75, 3.05) is 5.32 Å². The van der Waals surface area contributed by atoms with Crippen molar-refractivity contribution in [3.63, 3.8) is 0 Å². The highest BCUT2D eigenvalue weighted by molar-refractivity contribution is 6.06. The lowest BCUT2D eigenvalue weighted by Gasteiger charge is -2.11. The average Bonchev–Trinajstić information content (AvgIpc) is 2.40. The smallest absolute Gasteiger partial charge is 0.416 e. The second kappa shape index (κ2) is 5.43. The van der Waals surface area contributed by atoms with Gasteiger partial charge in [0.25, 0.3) is 5.91 Å². The molecule has 0 saturated carbocycles. The molecule has 109 valence electrons. The predicted octanol–water partition coefficient (Wildman–Crippen LogP) is 3.60. The summed E-state index contributed by atoms with van der Waals surface area (Å²) < 4.78 is 51.1. The number of rotatable bonds is 2. The van der Waals surface area contributed by atoms with Crippen molar-refractivity contribution in [1.29, 1.82) is 0 Å². The molecule has 7 heteroatoms. The Balaban J connectivity index is 2.31. The number of phenolic OH excluding ortho intramolecular Hbond substituents is 1. The number of phenols is 1. The fraction of sp³-hybridized carbons (Fsp3) is 0.0714. The number of amides is 1. The number of anilines is 1. The van der Waals surface area contributed by atoms with Gasteiger partial charge in [-0.25, -0.2) is 4.39 Å². The summed E-state index contributed by atoms with van der Waals surface area (Å²) in [5.74, 6) is -2.35. The highest BCUT2D eigenvalue weighted by atomic mass is 19.4. The fourth-order valence-corrected chi connectivity index (χ4v) is 1.59. The highest BCUT2D eigenvalue weighted by Crippen LogP contribution is 2.32. The molecule has 21 heavy (non-hydrogen) atoms. The summed E-state index contributed by atoms with van der Waals surface area (Å²) in [6.45, 7) is 0. The maximum Gasteiger partial charge on any atom is 0.416 e. The van der Waals surface area contributed by atoms with Crippen LogP contribution in [0.1, 0.15) is 15.9 Å². The monoisotopic (exact) mass is 298 g/mol.